The van der Waals surface area contributed by atoms with E-state index in [-0.39, 0.29) is 17.6 Å². The first-order valence-electron chi connectivity index (χ1n) is 6.90. The molecule has 0 amide bonds. The van der Waals surface area contributed by atoms with Crippen LogP contribution in [0.5, 0.6) is 5.75 Å². The summed E-state index contributed by atoms with van der Waals surface area (Å²) in [6.45, 7) is 0.416. The van der Waals surface area contributed by atoms with Crippen LogP contribution in [0.1, 0.15) is 28.5 Å². The molecule has 1 unspecified atom stereocenters. The van der Waals surface area contributed by atoms with E-state index in [4.69, 9.17) is 28.2 Å². The maximum absolute atomic E-state index is 9.51. The Kier molecular flexibility index (Phi) is 5.31. The zero-order valence-corrected chi connectivity index (χ0v) is 12.7. The summed E-state index contributed by atoms with van der Waals surface area (Å²) < 4.78 is 0. The van der Waals surface area contributed by atoms with Crippen molar-refractivity contribution >= 4 is 24.0 Å². The van der Waals surface area contributed by atoms with Gasteiger partial charge in [0.15, 0.2) is 0 Å². The van der Waals surface area contributed by atoms with Gasteiger partial charge in [-0.25, -0.2) is 0 Å². The van der Waals surface area contributed by atoms with Gasteiger partial charge in [-0.2, -0.15) is 0 Å². The van der Waals surface area contributed by atoms with Gasteiger partial charge in [0.2, 0.25) is 0 Å². The Bertz CT molecular complexity index is 662. The highest BCUT2D eigenvalue weighted by atomic mass is 35.5. The maximum Gasteiger partial charge on any atom is 0.134 e. The minimum Gasteiger partial charge on any atom is -0.506 e. The second kappa shape index (κ2) is 7.20. The molecule has 0 saturated heterocycles. The third-order valence-corrected chi connectivity index (χ3v) is 4.00. The first-order chi connectivity index (χ1) is 10.6. The van der Waals surface area contributed by atoms with Crippen molar-refractivity contribution in [2.24, 2.45) is 5.73 Å². The number of nitrogens with two attached hydrogens (primary N) is 1. The first-order valence-corrected chi connectivity index (χ1v) is 7.28. The summed E-state index contributed by atoms with van der Waals surface area (Å²) in [6.07, 6.45) is 2.48. The molecule has 5 N–H and O–H groups in total. The monoisotopic (exact) mass is 315 g/mol. The summed E-state index contributed by atoms with van der Waals surface area (Å²) in [5.74, 6) is -0.268. The summed E-state index contributed by atoms with van der Waals surface area (Å²) in [6, 6.07) is 12.8. The molecule has 0 aliphatic rings. The van der Waals surface area contributed by atoms with Gasteiger partial charge in [0.05, 0.1) is 10.9 Å². The lowest BCUT2D eigenvalue weighted by atomic mass is 9.89. The molecule has 0 bridgehead atoms. The fourth-order valence-electron chi connectivity index (χ4n) is 2.40. The molecule has 1 atom stereocenters. The average Bonchev–Trinajstić information content (AvgIpc) is 2.54. The van der Waals surface area contributed by atoms with Gasteiger partial charge in [-0.3, -0.25) is 0 Å². The molecule has 0 aliphatic heterocycles. The molecule has 0 heterocycles. The number of hydrogen-bond donors (Lipinski definition) is 4. The van der Waals surface area contributed by atoms with E-state index in [0.717, 1.165) is 16.7 Å². The summed E-state index contributed by atoms with van der Waals surface area (Å²) in [5.41, 5.74) is 8.76. The van der Waals surface area contributed by atoms with E-state index >= 15 is 0 Å². The van der Waals surface area contributed by atoms with Crippen LogP contribution in [0.3, 0.4) is 0 Å². The Labute approximate surface area is 134 Å². The van der Waals surface area contributed by atoms with Crippen molar-refractivity contribution in [1.29, 1.82) is 10.8 Å². The molecule has 2 aromatic rings. The molecule has 0 aliphatic carbocycles. The molecule has 0 spiro atoms. The maximum atomic E-state index is 9.51. The number of nitrogens with one attached hydrogen (secondary N) is 2. The van der Waals surface area contributed by atoms with Crippen molar-refractivity contribution in [2.75, 3.05) is 6.54 Å². The zero-order valence-electron chi connectivity index (χ0n) is 12.0. The van der Waals surface area contributed by atoms with E-state index in [1.165, 1.54) is 12.4 Å². The second-order valence-corrected chi connectivity index (χ2v) is 5.43. The predicted molar refractivity (Wildman–Crippen MR) is 90.8 cm³/mol. The molecule has 22 heavy (non-hydrogen) atoms. The van der Waals surface area contributed by atoms with Crippen LogP contribution >= 0.6 is 11.6 Å². The van der Waals surface area contributed by atoms with E-state index in [2.05, 4.69) is 0 Å². The quantitative estimate of drug-likeness (QED) is 0.614. The highest BCUT2D eigenvalue weighted by molar-refractivity contribution is 6.32. The van der Waals surface area contributed by atoms with Crippen molar-refractivity contribution in [1.82, 2.24) is 0 Å². The highest BCUT2D eigenvalue weighted by Gasteiger charge is 2.15. The Morgan fingerprint density at radius 3 is 2.05 bits per heavy atom. The third kappa shape index (κ3) is 3.35. The summed E-state index contributed by atoms with van der Waals surface area (Å²) in [7, 11) is 0. The van der Waals surface area contributed by atoms with Gasteiger partial charge >= 0.3 is 0 Å². The van der Waals surface area contributed by atoms with E-state index in [9.17, 15) is 5.11 Å². The lowest BCUT2D eigenvalue weighted by Gasteiger charge is -2.17. The zero-order chi connectivity index (χ0) is 16.1. The Balaban J connectivity index is 2.33. The van der Waals surface area contributed by atoms with Crippen LogP contribution < -0.4 is 5.73 Å². The molecule has 2 aromatic carbocycles. The molecule has 0 aromatic heterocycles. The first kappa shape index (κ1) is 16.2. The average molecular weight is 316 g/mol. The smallest absolute Gasteiger partial charge is 0.134 e. The van der Waals surface area contributed by atoms with Crippen molar-refractivity contribution in [3.8, 4) is 5.75 Å². The number of phenolic OH excluding ortho intramolecular Hbond substituents is 1. The molecule has 2 rings (SSSR count). The van der Waals surface area contributed by atoms with Crippen LogP contribution in [0.15, 0.2) is 42.5 Å². The number of benzene rings is 2. The third-order valence-electron chi connectivity index (χ3n) is 3.69. The van der Waals surface area contributed by atoms with Crippen LogP contribution in [0.2, 0.25) is 5.02 Å². The fraction of sp³-hybridized carbons (Fsp3) is 0.176. The molecule has 0 fully saturated rings. The number of halogens is 1. The van der Waals surface area contributed by atoms with Crippen LogP contribution in [0.4, 0.5) is 0 Å². The van der Waals surface area contributed by atoms with Gasteiger partial charge in [0, 0.05) is 24.9 Å². The molecular formula is C17H18ClN3O. The van der Waals surface area contributed by atoms with Gasteiger partial charge in [0.25, 0.3) is 0 Å². The van der Waals surface area contributed by atoms with E-state index in [1.807, 2.05) is 30.3 Å². The van der Waals surface area contributed by atoms with Gasteiger partial charge in [-0.15, -0.1) is 0 Å². The number of phenols is 1. The largest absolute Gasteiger partial charge is 0.506 e. The second-order valence-electron chi connectivity index (χ2n) is 5.02. The van der Waals surface area contributed by atoms with Crippen LogP contribution in [0, 0.1) is 10.8 Å². The summed E-state index contributed by atoms with van der Waals surface area (Å²) >= 11 is 5.97. The van der Waals surface area contributed by atoms with E-state index in [1.54, 1.807) is 12.1 Å². The van der Waals surface area contributed by atoms with Crippen LogP contribution in [0.25, 0.3) is 0 Å². The van der Waals surface area contributed by atoms with Crippen LogP contribution in [-0.2, 0) is 0 Å². The minimum absolute atomic E-state index is 0.0226. The lowest BCUT2D eigenvalue weighted by Crippen LogP contribution is -2.14. The topological polar surface area (TPSA) is 94.0 Å². The number of rotatable bonds is 6. The van der Waals surface area contributed by atoms with Gasteiger partial charge < -0.3 is 21.7 Å². The van der Waals surface area contributed by atoms with Crippen molar-refractivity contribution in [2.45, 2.75) is 11.8 Å². The molecule has 0 saturated carbocycles. The number of hydrogen-bond acceptors (Lipinski definition) is 4. The van der Waals surface area contributed by atoms with Gasteiger partial charge in [0.1, 0.15) is 5.75 Å². The van der Waals surface area contributed by atoms with Gasteiger partial charge in [-0.05, 0) is 28.8 Å². The van der Waals surface area contributed by atoms with Crippen LogP contribution in [-0.4, -0.2) is 24.1 Å². The number of aromatic hydroxyl groups is 1. The normalized spacial score (nSPS) is 13.4. The molecule has 4 nitrogen and oxygen atoms in total. The van der Waals surface area contributed by atoms with Gasteiger partial charge in [-0.1, -0.05) is 41.9 Å². The standard InChI is InChI=1S/C17H18ClN3O/c18-16-7-13(5-6-17(16)22)15(10-21)12-3-1-11(2-4-12)14(8-19)9-20/h1-9,14-15,19-20,22H,10,21H2. The van der Waals surface area contributed by atoms with E-state index in [0.29, 0.717) is 11.6 Å². The van der Waals surface area contributed by atoms with Crippen molar-refractivity contribution < 1.29 is 5.11 Å². The fourth-order valence-corrected chi connectivity index (χ4v) is 2.58. The van der Waals surface area contributed by atoms with Crippen molar-refractivity contribution in [3.63, 3.8) is 0 Å². The minimum atomic E-state index is -0.298. The molecule has 5 heteroatoms. The predicted octanol–water partition coefficient (Wildman–Crippen LogP) is 3.52. The lowest BCUT2D eigenvalue weighted by molar-refractivity contribution is 0.475. The highest BCUT2D eigenvalue weighted by Crippen LogP contribution is 2.31. The molecular weight excluding hydrogens is 298 g/mol. The SMILES string of the molecule is N=CC(C=N)c1ccc(C(CN)c2ccc(O)c(Cl)c2)cc1. The molecule has 0 radical (unpaired) electrons. The Morgan fingerprint density at radius 2 is 1.55 bits per heavy atom. The van der Waals surface area contributed by atoms with E-state index < -0.39 is 0 Å². The Hall–Kier alpha value is -2.17. The Morgan fingerprint density at radius 1 is 1.00 bits per heavy atom. The summed E-state index contributed by atoms with van der Waals surface area (Å²) in [5, 5.41) is 24.5. The summed E-state index contributed by atoms with van der Waals surface area (Å²) in [4.78, 5) is 0. The van der Waals surface area contributed by atoms with Crippen molar-refractivity contribution in [3.05, 3.63) is 64.2 Å². The molecule has 114 valence electrons.